The zero-order chi connectivity index (χ0) is 10.2. The van der Waals surface area contributed by atoms with Gasteiger partial charge in [-0.25, -0.2) is 0 Å². The van der Waals surface area contributed by atoms with Crippen LogP contribution in [-0.4, -0.2) is 5.54 Å². The van der Waals surface area contributed by atoms with Crippen LogP contribution in [0.5, 0.6) is 0 Å². The van der Waals surface area contributed by atoms with Gasteiger partial charge in [0.05, 0.1) is 5.54 Å². The maximum atomic E-state index is 3.57. The third kappa shape index (κ3) is 1.54. The van der Waals surface area contributed by atoms with Crippen LogP contribution >= 0.6 is 0 Å². The Morgan fingerprint density at radius 3 is 2.79 bits per heavy atom. The molecule has 0 amide bonds. The molecule has 1 aromatic carbocycles. The van der Waals surface area contributed by atoms with Crippen molar-refractivity contribution in [1.29, 1.82) is 0 Å². The number of nitrogens with one attached hydrogen (secondary N) is 1. The summed E-state index contributed by atoms with van der Waals surface area (Å²) >= 11 is 0. The second-order valence-electron chi connectivity index (χ2n) is 4.41. The smallest absolute Gasteiger partial charge is 0.0503 e. The summed E-state index contributed by atoms with van der Waals surface area (Å²) in [6.45, 7) is 6.58. The average Bonchev–Trinajstić information content (AvgIpc) is 2.15. The van der Waals surface area contributed by atoms with E-state index in [9.17, 15) is 0 Å². The van der Waals surface area contributed by atoms with Crippen molar-refractivity contribution < 1.29 is 0 Å². The first kappa shape index (κ1) is 9.32. The number of aryl methyl sites for hydroxylation is 1. The summed E-state index contributed by atoms with van der Waals surface area (Å²) in [7, 11) is 0. The monoisotopic (exact) mass is 187 g/mol. The van der Waals surface area contributed by atoms with Gasteiger partial charge in [-0.05, 0) is 31.4 Å². The van der Waals surface area contributed by atoms with Gasteiger partial charge in [-0.3, -0.25) is 0 Å². The Bertz CT molecular complexity index is 375. The molecule has 1 heteroatoms. The van der Waals surface area contributed by atoms with Crippen LogP contribution in [0.25, 0.3) is 6.08 Å². The molecular weight excluding hydrogens is 170 g/mol. The minimum absolute atomic E-state index is 0.0816. The molecule has 0 bridgehead atoms. The summed E-state index contributed by atoms with van der Waals surface area (Å²) in [5.41, 5.74) is 4.10. The maximum Gasteiger partial charge on any atom is 0.0503 e. The second-order valence-corrected chi connectivity index (χ2v) is 4.41. The summed E-state index contributed by atoms with van der Waals surface area (Å²) in [6.07, 6.45) is 5.51. The number of benzene rings is 1. The molecule has 1 aliphatic heterocycles. The Kier molecular flexibility index (Phi) is 2.10. The molecular formula is C13H17N. The molecule has 1 heterocycles. The zero-order valence-electron chi connectivity index (χ0n) is 9.09. The highest BCUT2D eigenvalue weighted by Crippen LogP contribution is 2.31. The van der Waals surface area contributed by atoms with Gasteiger partial charge in [-0.1, -0.05) is 37.3 Å². The predicted octanol–water partition coefficient (Wildman–Crippen LogP) is 3.47. The quantitative estimate of drug-likeness (QED) is 0.710. The molecule has 0 fully saturated rings. The van der Waals surface area contributed by atoms with E-state index in [1.54, 1.807) is 0 Å². The van der Waals surface area contributed by atoms with Crippen molar-refractivity contribution in [2.45, 2.75) is 32.7 Å². The summed E-state index contributed by atoms with van der Waals surface area (Å²) in [4.78, 5) is 0. The van der Waals surface area contributed by atoms with Crippen LogP contribution in [-0.2, 0) is 6.42 Å². The summed E-state index contributed by atoms with van der Waals surface area (Å²) in [5.74, 6) is 0. The molecule has 14 heavy (non-hydrogen) atoms. The maximum absolute atomic E-state index is 3.57. The number of rotatable bonds is 1. The van der Waals surface area contributed by atoms with Gasteiger partial charge in [0.25, 0.3) is 0 Å². The van der Waals surface area contributed by atoms with Crippen molar-refractivity contribution in [2.24, 2.45) is 0 Å². The van der Waals surface area contributed by atoms with Crippen LogP contribution in [0.15, 0.2) is 24.3 Å². The molecule has 1 N–H and O–H groups in total. The van der Waals surface area contributed by atoms with E-state index in [0.29, 0.717) is 0 Å². The van der Waals surface area contributed by atoms with Gasteiger partial charge < -0.3 is 5.32 Å². The molecule has 0 atom stereocenters. The highest BCUT2D eigenvalue weighted by atomic mass is 15.0. The number of anilines is 1. The molecule has 1 nitrogen and oxygen atoms in total. The van der Waals surface area contributed by atoms with E-state index in [1.807, 2.05) is 0 Å². The lowest BCUT2D eigenvalue weighted by Gasteiger charge is -2.30. The average molecular weight is 187 g/mol. The van der Waals surface area contributed by atoms with E-state index >= 15 is 0 Å². The Labute approximate surface area is 85.8 Å². The van der Waals surface area contributed by atoms with Gasteiger partial charge in [0.15, 0.2) is 0 Å². The predicted molar refractivity (Wildman–Crippen MR) is 62.6 cm³/mol. The van der Waals surface area contributed by atoms with Crippen molar-refractivity contribution in [3.63, 3.8) is 0 Å². The summed E-state index contributed by atoms with van der Waals surface area (Å²) in [5, 5.41) is 3.57. The van der Waals surface area contributed by atoms with Crippen LogP contribution in [0.4, 0.5) is 5.69 Å². The number of hydrogen-bond acceptors (Lipinski definition) is 1. The van der Waals surface area contributed by atoms with E-state index in [1.165, 1.54) is 16.8 Å². The fourth-order valence-electron chi connectivity index (χ4n) is 1.87. The molecule has 0 saturated heterocycles. The lowest BCUT2D eigenvalue weighted by Crippen LogP contribution is -2.31. The standard InChI is InChI=1S/C13H17N/c1-4-10-6-5-7-11-8-9-13(2,3)14-12(10)11/h5-9,14H,4H2,1-3H3. The van der Waals surface area contributed by atoms with Gasteiger partial charge in [0.2, 0.25) is 0 Å². The van der Waals surface area contributed by atoms with Crippen molar-refractivity contribution in [2.75, 3.05) is 5.32 Å². The Balaban J connectivity index is 2.51. The molecule has 1 aromatic rings. The molecule has 0 aliphatic carbocycles. The zero-order valence-corrected chi connectivity index (χ0v) is 9.09. The van der Waals surface area contributed by atoms with E-state index in [2.05, 4.69) is 56.4 Å². The molecule has 0 radical (unpaired) electrons. The van der Waals surface area contributed by atoms with Gasteiger partial charge in [0, 0.05) is 5.69 Å². The Hall–Kier alpha value is -1.24. The fraction of sp³-hybridized carbons (Fsp3) is 0.385. The van der Waals surface area contributed by atoms with E-state index in [0.717, 1.165) is 6.42 Å². The minimum atomic E-state index is 0.0816. The molecule has 74 valence electrons. The SMILES string of the molecule is CCc1cccc2c1NC(C)(C)C=C2. The topological polar surface area (TPSA) is 12.0 Å². The van der Waals surface area contributed by atoms with Crippen LogP contribution in [0.2, 0.25) is 0 Å². The highest BCUT2D eigenvalue weighted by molar-refractivity contribution is 5.74. The van der Waals surface area contributed by atoms with Crippen molar-refractivity contribution in [3.8, 4) is 0 Å². The molecule has 0 aromatic heterocycles. The van der Waals surface area contributed by atoms with E-state index < -0.39 is 0 Å². The number of fused-ring (bicyclic) bond motifs is 1. The van der Waals surface area contributed by atoms with Gasteiger partial charge >= 0.3 is 0 Å². The number of hydrogen-bond donors (Lipinski definition) is 1. The lowest BCUT2D eigenvalue weighted by atomic mass is 9.94. The van der Waals surface area contributed by atoms with Gasteiger partial charge in [-0.15, -0.1) is 0 Å². The summed E-state index contributed by atoms with van der Waals surface area (Å²) in [6, 6.07) is 6.48. The first-order valence-corrected chi connectivity index (χ1v) is 5.22. The second kappa shape index (κ2) is 3.16. The third-order valence-electron chi connectivity index (χ3n) is 2.69. The fourth-order valence-corrected chi connectivity index (χ4v) is 1.87. The van der Waals surface area contributed by atoms with Gasteiger partial charge in [0.1, 0.15) is 0 Å². The molecule has 0 unspecified atom stereocenters. The summed E-state index contributed by atoms with van der Waals surface area (Å²) < 4.78 is 0. The van der Waals surface area contributed by atoms with Crippen molar-refractivity contribution >= 4 is 11.8 Å². The Morgan fingerprint density at radius 2 is 2.07 bits per heavy atom. The van der Waals surface area contributed by atoms with Crippen LogP contribution in [0.1, 0.15) is 31.9 Å². The molecule has 1 aliphatic rings. The first-order chi connectivity index (χ1) is 6.62. The van der Waals surface area contributed by atoms with Crippen LogP contribution < -0.4 is 5.32 Å². The van der Waals surface area contributed by atoms with Gasteiger partial charge in [-0.2, -0.15) is 0 Å². The first-order valence-electron chi connectivity index (χ1n) is 5.22. The van der Waals surface area contributed by atoms with E-state index in [-0.39, 0.29) is 5.54 Å². The third-order valence-corrected chi connectivity index (χ3v) is 2.69. The van der Waals surface area contributed by atoms with Crippen LogP contribution in [0, 0.1) is 0 Å². The Morgan fingerprint density at radius 1 is 1.29 bits per heavy atom. The number of para-hydroxylation sites is 1. The highest BCUT2D eigenvalue weighted by Gasteiger charge is 2.20. The molecule has 2 rings (SSSR count). The normalized spacial score (nSPS) is 17.4. The van der Waals surface area contributed by atoms with E-state index in [4.69, 9.17) is 0 Å². The minimum Gasteiger partial charge on any atom is -0.376 e. The molecule has 0 spiro atoms. The van der Waals surface area contributed by atoms with Crippen LogP contribution in [0.3, 0.4) is 0 Å². The van der Waals surface area contributed by atoms with Crippen molar-refractivity contribution in [3.05, 3.63) is 35.4 Å². The molecule has 0 saturated carbocycles. The lowest BCUT2D eigenvalue weighted by molar-refractivity contribution is 0.709. The van der Waals surface area contributed by atoms with Crippen molar-refractivity contribution in [1.82, 2.24) is 0 Å². The largest absolute Gasteiger partial charge is 0.376 e.